The SMILES string of the molecule is CS(=O)(=O)c1ccc(C(=O)OCC(=O)NCc2ccc3c(c2)OCO3)cc1. The topological polar surface area (TPSA) is 108 Å². The Balaban J connectivity index is 1.48. The molecule has 1 aliphatic heterocycles. The number of hydrogen-bond donors (Lipinski definition) is 1. The Morgan fingerprint density at radius 2 is 1.78 bits per heavy atom. The molecule has 0 atom stereocenters. The molecular formula is C18H17NO7S. The van der Waals surface area contributed by atoms with Crippen LogP contribution in [0.3, 0.4) is 0 Å². The standard InChI is InChI=1S/C18H17NO7S/c1-27(22,23)14-5-3-13(4-6-14)18(21)24-10-17(20)19-9-12-2-7-15-16(8-12)26-11-25-15/h2-8H,9-11H2,1H3,(H,19,20). The Morgan fingerprint density at radius 3 is 2.48 bits per heavy atom. The van der Waals surface area contributed by atoms with E-state index in [1.807, 2.05) is 0 Å². The first kappa shape index (κ1) is 18.7. The number of rotatable bonds is 6. The first-order chi connectivity index (χ1) is 12.8. The summed E-state index contributed by atoms with van der Waals surface area (Å²) in [5.74, 6) is 0.0914. The maximum atomic E-state index is 11.9. The molecule has 0 saturated heterocycles. The first-order valence-electron chi connectivity index (χ1n) is 7.95. The van der Waals surface area contributed by atoms with E-state index in [0.29, 0.717) is 11.5 Å². The number of benzene rings is 2. The van der Waals surface area contributed by atoms with Gasteiger partial charge in [0.25, 0.3) is 5.91 Å². The van der Waals surface area contributed by atoms with Crippen molar-refractivity contribution in [1.29, 1.82) is 0 Å². The minimum absolute atomic E-state index is 0.0977. The molecule has 0 aliphatic carbocycles. The van der Waals surface area contributed by atoms with Crippen LogP contribution in [0, 0.1) is 0 Å². The van der Waals surface area contributed by atoms with Crippen LogP contribution in [0.25, 0.3) is 0 Å². The smallest absolute Gasteiger partial charge is 0.338 e. The highest BCUT2D eigenvalue weighted by molar-refractivity contribution is 7.90. The molecule has 9 heteroatoms. The molecule has 142 valence electrons. The zero-order chi connectivity index (χ0) is 19.4. The second kappa shape index (κ2) is 7.67. The van der Waals surface area contributed by atoms with Crippen molar-refractivity contribution in [2.45, 2.75) is 11.4 Å². The largest absolute Gasteiger partial charge is 0.454 e. The molecule has 0 spiro atoms. The first-order valence-corrected chi connectivity index (χ1v) is 9.84. The molecule has 1 amide bonds. The molecule has 1 N–H and O–H groups in total. The average molecular weight is 391 g/mol. The van der Waals surface area contributed by atoms with E-state index < -0.39 is 28.3 Å². The Kier molecular flexibility index (Phi) is 5.31. The number of esters is 1. The van der Waals surface area contributed by atoms with Crippen molar-refractivity contribution in [3.63, 3.8) is 0 Å². The highest BCUT2D eigenvalue weighted by atomic mass is 32.2. The molecule has 2 aromatic rings. The van der Waals surface area contributed by atoms with E-state index in [9.17, 15) is 18.0 Å². The molecule has 1 heterocycles. The molecule has 8 nitrogen and oxygen atoms in total. The molecule has 27 heavy (non-hydrogen) atoms. The molecule has 0 fully saturated rings. The van der Waals surface area contributed by atoms with Gasteiger partial charge in [0.2, 0.25) is 6.79 Å². The van der Waals surface area contributed by atoms with E-state index in [-0.39, 0.29) is 23.8 Å². The van der Waals surface area contributed by atoms with Crippen LogP contribution in [0.4, 0.5) is 0 Å². The van der Waals surface area contributed by atoms with Crippen LogP contribution in [-0.2, 0) is 25.9 Å². The number of carbonyl (C=O) groups excluding carboxylic acids is 2. The van der Waals surface area contributed by atoms with Crippen molar-refractivity contribution >= 4 is 21.7 Å². The molecule has 0 unspecified atom stereocenters. The third-order valence-electron chi connectivity index (χ3n) is 3.78. The summed E-state index contributed by atoms with van der Waals surface area (Å²) in [6, 6.07) is 10.6. The number of hydrogen-bond acceptors (Lipinski definition) is 7. The average Bonchev–Trinajstić information content (AvgIpc) is 3.11. The third kappa shape index (κ3) is 4.76. The number of ether oxygens (including phenoxy) is 3. The van der Waals surface area contributed by atoms with Gasteiger partial charge in [-0.2, -0.15) is 0 Å². The number of carbonyl (C=O) groups is 2. The van der Waals surface area contributed by atoms with Crippen molar-refractivity contribution in [3.8, 4) is 11.5 Å². The molecule has 2 aromatic carbocycles. The Morgan fingerprint density at radius 1 is 1.07 bits per heavy atom. The number of amides is 1. The van der Waals surface area contributed by atoms with Crippen LogP contribution < -0.4 is 14.8 Å². The van der Waals surface area contributed by atoms with Crippen LogP contribution in [0.15, 0.2) is 47.4 Å². The lowest BCUT2D eigenvalue weighted by Crippen LogP contribution is -2.28. The highest BCUT2D eigenvalue weighted by Gasteiger charge is 2.15. The molecule has 0 bridgehead atoms. The number of fused-ring (bicyclic) bond motifs is 1. The monoisotopic (exact) mass is 391 g/mol. The van der Waals surface area contributed by atoms with Gasteiger partial charge in [0.1, 0.15) is 0 Å². The lowest BCUT2D eigenvalue weighted by molar-refractivity contribution is -0.124. The molecule has 1 aliphatic rings. The molecule has 0 aromatic heterocycles. The van der Waals surface area contributed by atoms with Crippen LogP contribution in [0.2, 0.25) is 0 Å². The summed E-state index contributed by atoms with van der Waals surface area (Å²) in [6.07, 6.45) is 1.07. The summed E-state index contributed by atoms with van der Waals surface area (Å²) in [5, 5.41) is 2.63. The summed E-state index contributed by atoms with van der Waals surface area (Å²) < 4.78 is 38.2. The Bertz CT molecular complexity index is 968. The lowest BCUT2D eigenvalue weighted by Gasteiger charge is -2.08. The fourth-order valence-electron chi connectivity index (χ4n) is 2.36. The maximum Gasteiger partial charge on any atom is 0.338 e. The van der Waals surface area contributed by atoms with Gasteiger partial charge in [-0.3, -0.25) is 4.79 Å². The van der Waals surface area contributed by atoms with Crippen LogP contribution >= 0.6 is 0 Å². The predicted octanol–water partition coefficient (Wildman–Crippen LogP) is 1.29. The second-order valence-electron chi connectivity index (χ2n) is 5.84. The fourth-order valence-corrected chi connectivity index (χ4v) is 2.99. The summed E-state index contributed by atoms with van der Waals surface area (Å²) in [5.41, 5.74) is 0.973. The predicted molar refractivity (Wildman–Crippen MR) is 94.2 cm³/mol. The Labute approximate surface area is 156 Å². The maximum absolute atomic E-state index is 11.9. The summed E-state index contributed by atoms with van der Waals surface area (Å²) in [7, 11) is -3.34. The van der Waals surface area contributed by atoms with Crippen molar-refractivity contribution in [3.05, 3.63) is 53.6 Å². The zero-order valence-electron chi connectivity index (χ0n) is 14.4. The van der Waals surface area contributed by atoms with E-state index in [4.69, 9.17) is 14.2 Å². The van der Waals surface area contributed by atoms with Gasteiger partial charge in [-0.1, -0.05) is 6.07 Å². The highest BCUT2D eigenvalue weighted by Crippen LogP contribution is 2.32. The molecule has 0 radical (unpaired) electrons. The van der Waals surface area contributed by atoms with Gasteiger partial charge in [-0.15, -0.1) is 0 Å². The van der Waals surface area contributed by atoms with Gasteiger partial charge < -0.3 is 19.5 Å². The van der Waals surface area contributed by atoms with Crippen LogP contribution in [-0.4, -0.2) is 39.9 Å². The summed E-state index contributed by atoms with van der Waals surface area (Å²) in [4.78, 5) is 23.9. The summed E-state index contributed by atoms with van der Waals surface area (Å²) in [6.45, 7) is -0.0282. The number of nitrogens with one attached hydrogen (secondary N) is 1. The van der Waals surface area contributed by atoms with Gasteiger partial charge in [-0.25, -0.2) is 13.2 Å². The van der Waals surface area contributed by atoms with Crippen LogP contribution in [0.5, 0.6) is 11.5 Å². The van der Waals surface area contributed by atoms with E-state index in [0.717, 1.165) is 11.8 Å². The van der Waals surface area contributed by atoms with Gasteiger partial charge >= 0.3 is 5.97 Å². The molecule has 3 rings (SSSR count). The normalized spacial score (nSPS) is 12.5. The quantitative estimate of drug-likeness (QED) is 0.739. The zero-order valence-corrected chi connectivity index (χ0v) is 15.2. The molecular weight excluding hydrogens is 374 g/mol. The van der Waals surface area contributed by atoms with Gasteiger partial charge in [-0.05, 0) is 42.0 Å². The second-order valence-corrected chi connectivity index (χ2v) is 7.85. The van der Waals surface area contributed by atoms with Gasteiger partial charge in [0.15, 0.2) is 27.9 Å². The summed E-state index contributed by atoms with van der Waals surface area (Å²) >= 11 is 0. The van der Waals surface area contributed by atoms with Crippen molar-refractivity contribution < 1.29 is 32.2 Å². The minimum atomic E-state index is -3.34. The third-order valence-corrected chi connectivity index (χ3v) is 4.91. The van der Waals surface area contributed by atoms with E-state index in [1.165, 1.54) is 24.3 Å². The fraction of sp³-hybridized carbons (Fsp3) is 0.222. The molecule has 0 saturated carbocycles. The van der Waals surface area contributed by atoms with E-state index in [2.05, 4.69) is 5.32 Å². The van der Waals surface area contributed by atoms with Crippen molar-refractivity contribution in [2.75, 3.05) is 19.7 Å². The van der Waals surface area contributed by atoms with Crippen molar-refractivity contribution in [2.24, 2.45) is 0 Å². The van der Waals surface area contributed by atoms with Crippen molar-refractivity contribution in [1.82, 2.24) is 5.32 Å². The van der Waals surface area contributed by atoms with Gasteiger partial charge in [0, 0.05) is 12.8 Å². The van der Waals surface area contributed by atoms with Crippen LogP contribution in [0.1, 0.15) is 15.9 Å². The lowest BCUT2D eigenvalue weighted by atomic mass is 10.2. The van der Waals surface area contributed by atoms with E-state index in [1.54, 1.807) is 18.2 Å². The Hall–Kier alpha value is -3.07. The van der Waals surface area contributed by atoms with Gasteiger partial charge in [0.05, 0.1) is 10.5 Å². The number of sulfone groups is 1. The minimum Gasteiger partial charge on any atom is -0.454 e. The van der Waals surface area contributed by atoms with E-state index >= 15 is 0 Å².